The quantitative estimate of drug-likeness (QED) is 0.510. The highest BCUT2D eigenvalue weighted by Crippen LogP contribution is 2.23. The van der Waals surface area contributed by atoms with Crippen molar-refractivity contribution in [2.24, 2.45) is 5.10 Å². The Morgan fingerprint density at radius 1 is 1.22 bits per heavy atom. The smallest absolute Gasteiger partial charge is 0.216 e. The van der Waals surface area contributed by atoms with Gasteiger partial charge in [-0.1, -0.05) is 0 Å². The topological polar surface area (TPSA) is 64.4 Å². The third kappa shape index (κ3) is 4.37. The molecule has 140 valence electrons. The van der Waals surface area contributed by atoms with Crippen LogP contribution in [0, 0.1) is 23.3 Å². The van der Waals surface area contributed by atoms with Crippen LogP contribution in [0.25, 0.3) is 0 Å². The molecule has 1 N–H and O–H groups in total. The number of aromatic nitrogens is 3. The number of ether oxygens (including phenoxy) is 2. The van der Waals surface area contributed by atoms with Crippen LogP contribution in [0.5, 0.6) is 11.5 Å². The first-order chi connectivity index (χ1) is 13.0. The molecule has 6 nitrogen and oxygen atoms in total. The number of aryl methyl sites for hydroxylation is 1. The van der Waals surface area contributed by atoms with E-state index in [1.54, 1.807) is 25.3 Å². The summed E-state index contributed by atoms with van der Waals surface area (Å²) in [6, 6.07) is 8.50. The number of H-pyrrole nitrogens is 1. The number of nitrogens with zero attached hydrogens (tertiary/aromatic N) is 3. The van der Waals surface area contributed by atoms with Gasteiger partial charge < -0.3 is 9.47 Å². The molecule has 0 spiro atoms. The summed E-state index contributed by atoms with van der Waals surface area (Å²) in [6.07, 6.45) is 1.61. The summed E-state index contributed by atoms with van der Waals surface area (Å²) in [4.78, 5) is 0. The third-order valence-electron chi connectivity index (χ3n) is 3.72. The van der Waals surface area contributed by atoms with Crippen LogP contribution in [-0.4, -0.2) is 28.2 Å². The van der Waals surface area contributed by atoms with Crippen molar-refractivity contribution in [2.75, 3.05) is 7.11 Å². The van der Waals surface area contributed by atoms with Crippen molar-refractivity contribution in [3.63, 3.8) is 0 Å². The van der Waals surface area contributed by atoms with Crippen molar-refractivity contribution in [3.05, 3.63) is 69.8 Å². The second-order valence-corrected chi connectivity index (χ2v) is 5.95. The van der Waals surface area contributed by atoms with Crippen LogP contribution in [0.4, 0.5) is 8.78 Å². The Kier molecular flexibility index (Phi) is 5.60. The second kappa shape index (κ2) is 8.09. The van der Waals surface area contributed by atoms with E-state index in [2.05, 4.69) is 15.3 Å². The summed E-state index contributed by atoms with van der Waals surface area (Å²) < 4.78 is 39.4. The molecule has 3 aromatic rings. The molecule has 0 saturated heterocycles. The van der Waals surface area contributed by atoms with Gasteiger partial charge in [0.1, 0.15) is 24.0 Å². The minimum Gasteiger partial charge on any atom is -0.496 e. The second-order valence-electron chi connectivity index (χ2n) is 5.57. The number of methoxy groups -OCH3 is 1. The number of hydrogen-bond acceptors (Lipinski definition) is 5. The molecule has 0 amide bonds. The molecule has 3 rings (SSSR count). The molecular formula is C18H16F2N4O2S. The summed E-state index contributed by atoms with van der Waals surface area (Å²) in [7, 11) is 1.53. The Labute approximate surface area is 159 Å². The zero-order valence-electron chi connectivity index (χ0n) is 14.6. The fourth-order valence-corrected chi connectivity index (χ4v) is 2.60. The monoisotopic (exact) mass is 390 g/mol. The Bertz CT molecular complexity index is 1050. The van der Waals surface area contributed by atoms with Gasteiger partial charge in [0, 0.05) is 11.6 Å². The standard InChI is InChI=1S/C18H16F2N4O2S/c1-11-22-23-18(27)24(11)21-9-12-3-5-16(25-2)13(7-12)10-26-17-6-4-14(19)8-15(17)20/h3-9H,10H2,1-2H3,(H,23,27)/b21-9+. The van der Waals surface area contributed by atoms with Crippen molar-refractivity contribution in [1.82, 2.24) is 14.9 Å². The highest BCUT2D eigenvalue weighted by molar-refractivity contribution is 7.71. The van der Waals surface area contributed by atoms with Crippen LogP contribution in [0.3, 0.4) is 0 Å². The van der Waals surface area contributed by atoms with Gasteiger partial charge in [-0.3, -0.25) is 5.10 Å². The van der Waals surface area contributed by atoms with E-state index >= 15 is 0 Å². The van der Waals surface area contributed by atoms with Gasteiger partial charge in [0.05, 0.1) is 13.3 Å². The number of benzene rings is 2. The fourth-order valence-electron chi connectivity index (χ4n) is 2.37. The van der Waals surface area contributed by atoms with Gasteiger partial charge in [0.25, 0.3) is 0 Å². The lowest BCUT2D eigenvalue weighted by molar-refractivity contribution is 0.282. The largest absolute Gasteiger partial charge is 0.496 e. The predicted octanol–water partition coefficient (Wildman–Crippen LogP) is 4.00. The lowest BCUT2D eigenvalue weighted by atomic mass is 10.1. The van der Waals surface area contributed by atoms with Crippen molar-refractivity contribution in [3.8, 4) is 11.5 Å². The third-order valence-corrected chi connectivity index (χ3v) is 3.98. The summed E-state index contributed by atoms with van der Waals surface area (Å²) in [5.74, 6) is -0.274. The van der Waals surface area contributed by atoms with Crippen molar-refractivity contribution >= 4 is 18.4 Å². The van der Waals surface area contributed by atoms with Crippen LogP contribution in [0.2, 0.25) is 0 Å². The average molecular weight is 390 g/mol. The molecule has 0 aliphatic rings. The first-order valence-electron chi connectivity index (χ1n) is 7.91. The zero-order valence-corrected chi connectivity index (χ0v) is 15.4. The van der Waals surface area contributed by atoms with Gasteiger partial charge in [0.15, 0.2) is 11.6 Å². The van der Waals surface area contributed by atoms with E-state index in [0.717, 1.165) is 17.7 Å². The Morgan fingerprint density at radius 2 is 2.00 bits per heavy atom. The van der Waals surface area contributed by atoms with Crippen LogP contribution < -0.4 is 9.47 Å². The summed E-state index contributed by atoms with van der Waals surface area (Å²) in [6.45, 7) is 1.81. The molecule has 0 saturated carbocycles. The van der Waals surface area contributed by atoms with E-state index < -0.39 is 11.6 Å². The lowest BCUT2D eigenvalue weighted by Crippen LogP contribution is -2.02. The molecule has 9 heteroatoms. The molecule has 0 unspecified atom stereocenters. The van der Waals surface area contributed by atoms with E-state index in [4.69, 9.17) is 21.7 Å². The molecule has 0 atom stereocenters. The summed E-state index contributed by atoms with van der Waals surface area (Å²) in [5.41, 5.74) is 1.44. The number of nitrogens with one attached hydrogen (secondary N) is 1. The van der Waals surface area contributed by atoms with Gasteiger partial charge in [-0.2, -0.15) is 14.9 Å². The Hall–Kier alpha value is -3.07. The molecule has 0 radical (unpaired) electrons. The molecule has 0 fully saturated rings. The average Bonchev–Trinajstić information content (AvgIpc) is 2.97. The zero-order chi connectivity index (χ0) is 19.4. The highest BCUT2D eigenvalue weighted by Gasteiger charge is 2.09. The van der Waals surface area contributed by atoms with Crippen molar-refractivity contribution < 1.29 is 18.3 Å². The first-order valence-corrected chi connectivity index (χ1v) is 8.32. The normalized spacial score (nSPS) is 11.1. The molecule has 2 aromatic carbocycles. The molecule has 0 aliphatic carbocycles. The van der Waals surface area contributed by atoms with Gasteiger partial charge in [-0.05, 0) is 55.0 Å². The van der Waals surface area contributed by atoms with Crippen molar-refractivity contribution in [2.45, 2.75) is 13.5 Å². The van der Waals surface area contributed by atoms with Crippen LogP contribution >= 0.6 is 12.2 Å². The maximum Gasteiger partial charge on any atom is 0.216 e. The van der Waals surface area contributed by atoms with E-state index in [0.29, 0.717) is 21.9 Å². The Morgan fingerprint density at radius 3 is 2.67 bits per heavy atom. The van der Waals surface area contributed by atoms with Gasteiger partial charge in [0.2, 0.25) is 4.77 Å². The number of hydrogen-bond donors (Lipinski definition) is 1. The highest BCUT2D eigenvalue weighted by atomic mass is 32.1. The minimum atomic E-state index is -0.767. The molecule has 1 heterocycles. The summed E-state index contributed by atoms with van der Waals surface area (Å²) in [5, 5.41) is 10.9. The van der Waals surface area contributed by atoms with Gasteiger partial charge >= 0.3 is 0 Å². The first kappa shape index (κ1) is 18.7. The molecule has 0 aliphatic heterocycles. The van der Waals surface area contributed by atoms with E-state index in [9.17, 15) is 8.78 Å². The number of aromatic amines is 1. The van der Waals surface area contributed by atoms with Crippen LogP contribution in [0.15, 0.2) is 41.5 Å². The maximum atomic E-state index is 13.7. The SMILES string of the molecule is COc1ccc(/C=N/n2c(C)n[nH]c2=S)cc1COc1ccc(F)cc1F. The molecule has 27 heavy (non-hydrogen) atoms. The molecule has 1 aromatic heterocycles. The lowest BCUT2D eigenvalue weighted by Gasteiger charge is -2.11. The van der Waals surface area contributed by atoms with E-state index in [1.807, 2.05) is 6.07 Å². The van der Waals surface area contributed by atoms with E-state index in [-0.39, 0.29) is 12.4 Å². The van der Waals surface area contributed by atoms with Crippen LogP contribution in [0.1, 0.15) is 17.0 Å². The number of rotatable bonds is 6. The number of halogens is 2. The predicted molar refractivity (Wildman–Crippen MR) is 98.8 cm³/mol. The van der Waals surface area contributed by atoms with E-state index in [1.165, 1.54) is 17.9 Å². The fraction of sp³-hybridized carbons (Fsp3) is 0.167. The van der Waals surface area contributed by atoms with Gasteiger partial charge in [-0.25, -0.2) is 8.78 Å². The Balaban J connectivity index is 1.82. The maximum absolute atomic E-state index is 13.7. The molecule has 0 bridgehead atoms. The minimum absolute atomic E-state index is 0.0393. The summed E-state index contributed by atoms with van der Waals surface area (Å²) >= 11 is 5.10. The van der Waals surface area contributed by atoms with Crippen molar-refractivity contribution in [1.29, 1.82) is 0 Å². The van der Waals surface area contributed by atoms with Gasteiger partial charge in [-0.15, -0.1) is 0 Å². The molecular weight excluding hydrogens is 374 g/mol. The van der Waals surface area contributed by atoms with Crippen LogP contribution in [-0.2, 0) is 6.61 Å².